The normalized spacial score (nSPS) is 10.3. The van der Waals surface area contributed by atoms with E-state index in [9.17, 15) is 0 Å². The Hall–Kier alpha value is -1.95. The van der Waals surface area contributed by atoms with Crippen molar-refractivity contribution < 1.29 is 4.74 Å². The second-order valence-electron chi connectivity index (χ2n) is 3.51. The van der Waals surface area contributed by atoms with E-state index >= 15 is 0 Å². The maximum Gasteiger partial charge on any atom is 0.120 e. The Balaban J connectivity index is 2.86. The Labute approximate surface area is 88.5 Å². The predicted octanol–water partition coefficient (Wildman–Crippen LogP) is 2.37. The van der Waals surface area contributed by atoms with Crippen LogP contribution >= 0.6 is 0 Å². The van der Waals surface area contributed by atoms with Crippen molar-refractivity contribution in [3.63, 3.8) is 0 Å². The summed E-state index contributed by atoms with van der Waals surface area (Å²) >= 11 is 0. The number of fused-ring (bicyclic) bond motifs is 1. The van der Waals surface area contributed by atoms with Gasteiger partial charge in [-0.05, 0) is 19.1 Å². The number of ether oxygens (including phenoxy) is 1. The van der Waals surface area contributed by atoms with Gasteiger partial charge in [0.1, 0.15) is 11.8 Å². The topological polar surface area (TPSA) is 37.9 Å². The Morgan fingerprint density at radius 3 is 2.73 bits per heavy atom. The minimum atomic E-state index is 0.746. The predicted molar refractivity (Wildman–Crippen MR) is 58.9 cm³/mol. The first-order chi connectivity index (χ1) is 7.19. The average molecular weight is 200 g/mol. The number of aryl methyl sites for hydroxylation is 1. The Morgan fingerprint density at radius 1 is 1.40 bits per heavy atom. The molecule has 0 aliphatic heterocycles. The van der Waals surface area contributed by atoms with Gasteiger partial charge in [-0.1, -0.05) is 0 Å². The van der Waals surface area contributed by atoms with E-state index in [1.165, 1.54) is 0 Å². The van der Waals surface area contributed by atoms with Crippen molar-refractivity contribution in [2.45, 2.75) is 6.92 Å². The van der Waals surface area contributed by atoms with E-state index in [1.807, 2.05) is 36.7 Å². The van der Waals surface area contributed by atoms with E-state index in [0.717, 1.165) is 27.9 Å². The summed E-state index contributed by atoms with van der Waals surface area (Å²) in [5.41, 5.74) is 2.76. The molecule has 1 heterocycles. The lowest BCUT2D eigenvalue weighted by molar-refractivity contribution is 0.415. The van der Waals surface area contributed by atoms with E-state index < -0.39 is 0 Å². The molecule has 2 rings (SSSR count). The first-order valence-corrected chi connectivity index (χ1v) is 4.72. The van der Waals surface area contributed by atoms with E-state index in [1.54, 1.807) is 7.11 Å². The van der Waals surface area contributed by atoms with Gasteiger partial charge in [-0.2, -0.15) is 5.26 Å². The van der Waals surface area contributed by atoms with Crippen LogP contribution in [-0.4, -0.2) is 11.7 Å². The lowest BCUT2D eigenvalue weighted by Crippen LogP contribution is -1.90. The van der Waals surface area contributed by atoms with Crippen molar-refractivity contribution in [3.05, 3.63) is 29.5 Å². The number of hydrogen-bond acceptors (Lipinski definition) is 2. The lowest BCUT2D eigenvalue weighted by atomic mass is 10.1. The average Bonchev–Trinajstić information content (AvgIpc) is 2.51. The van der Waals surface area contributed by atoms with Crippen LogP contribution in [0.1, 0.15) is 11.3 Å². The van der Waals surface area contributed by atoms with Gasteiger partial charge in [-0.3, -0.25) is 0 Å². The molecule has 0 saturated carbocycles. The van der Waals surface area contributed by atoms with Crippen molar-refractivity contribution in [2.24, 2.45) is 7.05 Å². The van der Waals surface area contributed by atoms with Crippen LogP contribution in [0.4, 0.5) is 0 Å². The Morgan fingerprint density at radius 2 is 2.13 bits per heavy atom. The molecule has 0 aliphatic carbocycles. The van der Waals surface area contributed by atoms with Gasteiger partial charge < -0.3 is 9.30 Å². The number of benzene rings is 1. The lowest BCUT2D eigenvalue weighted by Gasteiger charge is -2.01. The van der Waals surface area contributed by atoms with Crippen molar-refractivity contribution in [1.82, 2.24) is 4.57 Å². The molecule has 0 aliphatic rings. The molecule has 0 radical (unpaired) electrons. The molecular formula is C12H12N2O. The van der Waals surface area contributed by atoms with Crippen LogP contribution in [0.25, 0.3) is 10.9 Å². The van der Waals surface area contributed by atoms with Crippen molar-refractivity contribution in [1.29, 1.82) is 5.26 Å². The molecule has 1 aromatic heterocycles. The number of rotatable bonds is 1. The van der Waals surface area contributed by atoms with Crippen LogP contribution in [0.5, 0.6) is 5.75 Å². The summed E-state index contributed by atoms with van der Waals surface area (Å²) in [6.45, 7) is 1.95. The van der Waals surface area contributed by atoms with Crippen LogP contribution in [-0.2, 0) is 7.05 Å². The number of nitrogens with zero attached hydrogens (tertiary/aromatic N) is 2. The van der Waals surface area contributed by atoms with E-state index in [2.05, 4.69) is 6.07 Å². The summed E-state index contributed by atoms with van der Waals surface area (Å²) in [4.78, 5) is 0. The fourth-order valence-electron chi connectivity index (χ4n) is 1.81. The van der Waals surface area contributed by atoms with Crippen LogP contribution in [0.2, 0.25) is 0 Å². The Kier molecular flexibility index (Phi) is 2.12. The van der Waals surface area contributed by atoms with Crippen LogP contribution in [0.3, 0.4) is 0 Å². The molecule has 0 N–H and O–H groups in total. The fourth-order valence-corrected chi connectivity index (χ4v) is 1.81. The number of methoxy groups -OCH3 is 1. The molecule has 0 fully saturated rings. The smallest absolute Gasteiger partial charge is 0.120 e. The molecule has 0 saturated heterocycles. The molecule has 0 bridgehead atoms. The summed E-state index contributed by atoms with van der Waals surface area (Å²) < 4.78 is 7.17. The van der Waals surface area contributed by atoms with Crippen LogP contribution in [0.15, 0.2) is 18.2 Å². The van der Waals surface area contributed by atoms with Crippen LogP contribution < -0.4 is 4.74 Å². The third-order valence-electron chi connectivity index (χ3n) is 2.81. The zero-order valence-electron chi connectivity index (χ0n) is 9.03. The maximum absolute atomic E-state index is 9.06. The van der Waals surface area contributed by atoms with Gasteiger partial charge in [-0.25, -0.2) is 0 Å². The fraction of sp³-hybridized carbons (Fsp3) is 0.250. The van der Waals surface area contributed by atoms with Gasteiger partial charge in [0, 0.05) is 24.2 Å². The molecule has 1 aromatic carbocycles. The third kappa shape index (κ3) is 1.26. The minimum absolute atomic E-state index is 0.746. The SMILES string of the molecule is COc1ccc2c(C#N)c(C)n(C)c2c1. The zero-order valence-corrected chi connectivity index (χ0v) is 9.03. The van der Waals surface area contributed by atoms with Crippen LogP contribution in [0, 0.1) is 18.3 Å². The van der Waals surface area contributed by atoms with Gasteiger partial charge in [-0.15, -0.1) is 0 Å². The molecule has 76 valence electrons. The number of nitriles is 1. The van der Waals surface area contributed by atoms with Gasteiger partial charge in [0.15, 0.2) is 0 Å². The first kappa shape index (κ1) is 9.60. The van der Waals surface area contributed by atoms with Crippen molar-refractivity contribution >= 4 is 10.9 Å². The molecule has 0 amide bonds. The number of aromatic nitrogens is 1. The summed E-state index contributed by atoms with van der Waals surface area (Å²) in [6.07, 6.45) is 0. The minimum Gasteiger partial charge on any atom is -0.497 e. The largest absolute Gasteiger partial charge is 0.497 e. The zero-order chi connectivity index (χ0) is 11.0. The molecule has 3 heteroatoms. The van der Waals surface area contributed by atoms with Gasteiger partial charge >= 0.3 is 0 Å². The van der Waals surface area contributed by atoms with E-state index in [0.29, 0.717) is 0 Å². The van der Waals surface area contributed by atoms with Crippen molar-refractivity contribution in [3.8, 4) is 11.8 Å². The van der Waals surface area contributed by atoms with Gasteiger partial charge in [0.25, 0.3) is 0 Å². The summed E-state index contributed by atoms with van der Waals surface area (Å²) in [5.74, 6) is 0.813. The highest BCUT2D eigenvalue weighted by Gasteiger charge is 2.11. The molecule has 0 spiro atoms. The second kappa shape index (κ2) is 3.32. The summed E-state index contributed by atoms with van der Waals surface area (Å²) in [5, 5.41) is 10.0. The van der Waals surface area contributed by atoms with Gasteiger partial charge in [0.2, 0.25) is 0 Å². The molecule has 0 unspecified atom stereocenters. The van der Waals surface area contributed by atoms with Gasteiger partial charge in [0.05, 0.1) is 18.2 Å². The highest BCUT2D eigenvalue weighted by Crippen LogP contribution is 2.27. The summed E-state index contributed by atoms with van der Waals surface area (Å²) in [7, 11) is 3.60. The van der Waals surface area contributed by atoms with Crippen molar-refractivity contribution in [2.75, 3.05) is 7.11 Å². The molecule has 3 nitrogen and oxygen atoms in total. The molecular weight excluding hydrogens is 188 g/mol. The summed E-state index contributed by atoms with van der Waals surface area (Å²) in [6, 6.07) is 7.99. The number of hydrogen-bond donors (Lipinski definition) is 0. The van der Waals surface area contributed by atoms with E-state index in [4.69, 9.17) is 10.00 Å². The quantitative estimate of drug-likeness (QED) is 0.708. The van der Waals surface area contributed by atoms with E-state index in [-0.39, 0.29) is 0 Å². The first-order valence-electron chi connectivity index (χ1n) is 4.72. The third-order valence-corrected chi connectivity index (χ3v) is 2.81. The maximum atomic E-state index is 9.06. The molecule has 2 aromatic rings. The standard InChI is InChI=1S/C12H12N2O/c1-8-11(7-13)10-5-4-9(15-3)6-12(10)14(8)2/h4-6H,1-3H3. The monoisotopic (exact) mass is 200 g/mol. The molecule has 15 heavy (non-hydrogen) atoms. The highest BCUT2D eigenvalue weighted by molar-refractivity contribution is 5.89. The second-order valence-corrected chi connectivity index (χ2v) is 3.51. The highest BCUT2D eigenvalue weighted by atomic mass is 16.5. The Bertz CT molecular complexity index is 561. The molecule has 0 atom stereocenters.